The zero-order valence-corrected chi connectivity index (χ0v) is 14.1. The first-order valence-electron chi connectivity index (χ1n) is 7.90. The van der Waals surface area contributed by atoms with Crippen LogP contribution in [0.3, 0.4) is 0 Å². The minimum atomic E-state index is -0.379. The third-order valence-electron chi connectivity index (χ3n) is 4.88. The van der Waals surface area contributed by atoms with Gasteiger partial charge in [-0.1, -0.05) is 17.7 Å². The lowest BCUT2D eigenvalue weighted by molar-refractivity contribution is -0.0612. The molecule has 0 saturated carbocycles. The smallest absolute Gasteiger partial charge is 0.0758 e. The van der Waals surface area contributed by atoms with E-state index in [1.54, 1.807) is 0 Å². The Morgan fingerprint density at radius 1 is 1.14 bits per heavy atom. The lowest BCUT2D eigenvalue weighted by Crippen LogP contribution is -2.56. The van der Waals surface area contributed by atoms with Crippen LogP contribution in [0.15, 0.2) is 12.1 Å². The number of aliphatic hydroxyl groups excluding tert-OH is 1. The first kappa shape index (κ1) is 16.5. The summed E-state index contributed by atoms with van der Waals surface area (Å²) in [5.41, 5.74) is 4.91. The maximum Gasteiger partial charge on any atom is 0.0758 e. The van der Waals surface area contributed by atoms with Crippen LogP contribution in [0.4, 0.5) is 0 Å². The van der Waals surface area contributed by atoms with Crippen molar-refractivity contribution < 1.29 is 9.84 Å². The number of benzene rings is 1. The van der Waals surface area contributed by atoms with Crippen molar-refractivity contribution in [2.24, 2.45) is 0 Å². The Labute approximate surface area is 128 Å². The van der Waals surface area contributed by atoms with Crippen molar-refractivity contribution in [3.63, 3.8) is 0 Å². The van der Waals surface area contributed by atoms with E-state index >= 15 is 0 Å². The number of aliphatic hydroxyl groups is 1. The molecular formula is C18H29NO2. The molecule has 1 fully saturated rings. The van der Waals surface area contributed by atoms with Gasteiger partial charge < -0.3 is 9.84 Å². The summed E-state index contributed by atoms with van der Waals surface area (Å²) in [7, 11) is 0. The normalized spacial score (nSPS) is 18.8. The summed E-state index contributed by atoms with van der Waals surface area (Å²) >= 11 is 0. The Bertz CT molecular complexity index is 467. The van der Waals surface area contributed by atoms with Crippen molar-refractivity contribution >= 4 is 0 Å². The average Bonchev–Trinajstić information content (AvgIpc) is 2.43. The lowest BCUT2D eigenvalue weighted by atomic mass is 9.86. The Hall–Kier alpha value is -0.900. The highest BCUT2D eigenvalue weighted by Crippen LogP contribution is 2.26. The average molecular weight is 291 g/mol. The highest BCUT2D eigenvalue weighted by atomic mass is 16.5. The van der Waals surface area contributed by atoms with Crippen LogP contribution in [-0.4, -0.2) is 48.0 Å². The van der Waals surface area contributed by atoms with Gasteiger partial charge in [-0.05, 0) is 51.3 Å². The molecule has 1 N–H and O–H groups in total. The van der Waals surface area contributed by atoms with Gasteiger partial charge in [0.25, 0.3) is 0 Å². The van der Waals surface area contributed by atoms with E-state index in [1.165, 1.54) is 22.3 Å². The number of hydrogen-bond donors (Lipinski definition) is 1. The summed E-state index contributed by atoms with van der Waals surface area (Å²) in [5.74, 6) is 0. The standard InChI is InChI=1S/C18H29NO2/c1-13-10-14(2)16(15(3)11-13)12-17(20)18(4,5)19-6-8-21-9-7-19/h10-11,17,20H,6-9,12H2,1-5H3. The van der Waals surface area contributed by atoms with Crippen LogP contribution in [0.25, 0.3) is 0 Å². The Kier molecular flexibility index (Phi) is 5.07. The predicted molar refractivity (Wildman–Crippen MR) is 86.8 cm³/mol. The van der Waals surface area contributed by atoms with Crippen LogP contribution < -0.4 is 0 Å². The van der Waals surface area contributed by atoms with Gasteiger partial charge in [-0.15, -0.1) is 0 Å². The molecule has 0 spiro atoms. The van der Waals surface area contributed by atoms with E-state index in [0.29, 0.717) is 6.42 Å². The fourth-order valence-corrected chi connectivity index (χ4v) is 3.33. The quantitative estimate of drug-likeness (QED) is 0.925. The molecule has 1 unspecified atom stereocenters. The third-order valence-corrected chi connectivity index (χ3v) is 4.88. The Morgan fingerprint density at radius 3 is 2.19 bits per heavy atom. The van der Waals surface area contributed by atoms with Crippen LogP contribution in [0.1, 0.15) is 36.1 Å². The fraction of sp³-hybridized carbons (Fsp3) is 0.667. The zero-order chi connectivity index (χ0) is 15.6. The topological polar surface area (TPSA) is 32.7 Å². The summed E-state index contributed by atoms with van der Waals surface area (Å²) < 4.78 is 5.42. The van der Waals surface area contributed by atoms with Gasteiger partial charge in [0.05, 0.1) is 19.3 Å². The molecule has 0 radical (unpaired) electrons. The van der Waals surface area contributed by atoms with Crippen molar-refractivity contribution in [2.45, 2.75) is 52.7 Å². The van der Waals surface area contributed by atoms with Gasteiger partial charge in [-0.25, -0.2) is 0 Å². The molecule has 1 aliphatic rings. The van der Waals surface area contributed by atoms with Gasteiger partial charge >= 0.3 is 0 Å². The minimum Gasteiger partial charge on any atom is -0.391 e. The molecule has 0 bridgehead atoms. The van der Waals surface area contributed by atoms with Gasteiger partial charge in [0.15, 0.2) is 0 Å². The van der Waals surface area contributed by atoms with Gasteiger partial charge in [-0.2, -0.15) is 0 Å². The number of hydrogen-bond acceptors (Lipinski definition) is 3. The summed E-state index contributed by atoms with van der Waals surface area (Å²) in [4.78, 5) is 2.35. The van der Waals surface area contributed by atoms with Crippen LogP contribution >= 0.6 is 0 Å². The molecule has 21 heavy (non-hydrogen) atoms. The van der Waals surface area contributed by atoms with Crippen molar-refractivity contribution in [3.8, 4) is 0 Å². The molecule has 0 amide bonds. The third kappa shape index (κ3) is 3.65. The van der Waals surface area contributed by atoms with Crippen LogP contribution in [0, 0.1) is 20.8 Å². The molecule has 1 atom stereocenters. The largest absolute Gasteiger partial charge is 0.391 e. The van der Waals surface area contributed by atoms with Crippen molar-refractivity contribution in [3.05, 3.63) is 34.4 Å². The molecule has 3 heteroatoms. The monoisotopic (exact) mass is 291 g/mol. The number of morpholine rings is 1. The van der Waals surface area contributed by atoms with E-state index in [4.69, 9.17) is 4.74 Å². The lowest BCUT2D eigenvalue weighted by Gasteiger charge is -2.44. The van der Waals surface area contributed by atoms with Crippen LogP contribution in [0.2, 0.25) is 0 Å². The Morgan fingerprint density at radius 2 is 1.67 bits per heavy atom. The van der Waals surface area contributed by atoms with E-state index in [2.05, 4.69) is 51.7 Å². The number of aryl methyl sites for hydroxylation is 3. The second-order valence-electron chi connectivity index (χ2n) is 6.85. The van der Waals surface area contributed by atoms with E-state index in [0.717, 1.165) is 26.3 Å². The van der Waals surface area contributed by atoms with E-state index in [-0.39, 0.29) is 11.6 Å². The number of rotatable bonds is 4. The van der Waals surface area contributed by atoms with Crippen molar-refractivity contribution in [1.29, 1.82) is 0 Å². The molecule has 1 saturated heterocycles. The Balaban J connectivity index is 2.15. The van der Waals surface area contributed by atoms with Gasteiger partial charge in [-0.3, -0.25) is 4.90 Å². The minimum absolute atomic E-state index is 0.229. The predicted octanol–water partition coefficient (Wildman–Crippen LogP) is 2.63. The highest BCUT2D eigenvalue weighted by Gasteiger charge is 2.35. The fourth-order valence-electron chi connectivity index (χ4n) is 3.33. The summed E-state index contributed by atoms with van der Waals surface area (Å²) in [6.07, 6.45) is 0.332. The highest BCUT2D eigenvalue weighted by molar-refractivity contribution is 5.38. The molecule has 1 aliphatic heterocycles. The van der Waals surface area contributed by atoms with E-state index < -0.39 is 0 Å². The molecule has 1 aromatic carbocycles. The van der Waals surface area contributed by atoms with Crippen LogP contribution in [0.5, 0.6) is 0 Å². The maximum atomic E-state index is 10.8. The molecule has 3 nitrogen and oxygen atoms in total. The first-order chi connectivity index (χ1) is 9.82. The van der Waals surface area contributed by atoms with E-state index in [1.807, 2.05) is 0 Å². The molecule has 1 aromatic rings. The zero-order valence-electron chi connectivity index (χ0n) is 14.1. The summed E-state index contributed by atoms with van der Waals surface area (Å²) in [6.45, 7) is 14.0. The first-order valence-corrected chi connectivity index (χ1v) is 7.90. The van der Waals surface area contributed by atoms with Crippen molar-refractivity contribution in [2.75, 3.05) is 26.3 Å². The second-order valence-corrected chi connectivity index (χ2v) is 6.85. The molecule has 0 aromatic heterocycles. The molecule has 118 valence electrons. The number of nitrogens with zero attached hydrogens (tertiary/aromatic N) is 1. The molecular weight excluding hydrogens is 262 g/mol. The second kappa shape index (κ2) is 6.47. The maximum absolute atomic E-state index is 10.8. The summed E-state index contributed by atoms with van der Waals surface area (Å²) in [6, 6.07) is 4.41. The van der Waals surface area contributed by atoms with E-state index in [9.17, 15) is 5.11 Å². The SMILES string of the molecule is Cc1cc(C)c(CC(O)C(C)(C)N2CCOCC2)c(C)c1. The van der Waals surface area contributed by atoms with Crippen molar-refractivity contribution in [1.82, 2.24) is 4.90 Å². The molecule has 1 heterocycles. The molecule has 2 rings (SSSR count). The van der Waals surface area contributed by atoms with Gasteiger partial charge in [0, 0.05) is 25.0 Å². The van der Waals surface area contributed by atoms with Gasteiger partial charge in [0.2, 0.25) is 0 Å². The number of ether oxygens (including phenoxy) is 1. The van der Waals surface area contributed by atoms with Crippen LogP contribution in [-0.2, 0) is 11.2 Å². The van der Waals surface area contributed by atoms with Gasteiger partial charge in [0.1, 0.15) is 0 Å². The molecule has 0 aliphatic carbocycles. The summed E-state index contributed by atoms with van der Waals surface area (Å²) in [5, 5.41) is 10.8.